The number of carbonyl (C=O) groups excluding carboxylic acids is 1. The van der Waals surface area contributed by atoms with E-state index in [1.54, 1.807) is 40.4 Å². The lowest BCUT2D eigenvalue weighted by Crippen LogP contribution is -2.15. The molecule has 0 fully saturated rings. The molecule has 1 amide bonds. The Balaban J connectivity index is 1.82. The van der Waals surface area contributed by atoms with Gasteiger partial charge < -0.3 is 9.88 Å². The van der Waals surface area contributed by atoms with E-state index in [2.05, 4.69) is 5.32 Å². The quantitative estimate of drug-likeness (QED) is 0.916. The lowest BCUT2D eigenvalue weighted by Gasteiger charge is -2.05. The number of rotatable bonds is 5. The van der Waals surface area contributed by atoms with E-state index in [0.29, 0.717) is 30.6 Å². The number of aryl methyl sites for hydroxylation is 1. The smallest absolute Gasteiger partial charge is 0.307 e. The normalized spacial score (nSPS) is 9.95. The fourth-order valence-corrected chi connectivity index (χ4v) is 2.37. The zero-order chi connectivity index (χ0) is 14.4. The first kappa shape index (κ1) is 14.0. The van der Waals surface area contributed by atoms with Crippen molar-refractivity contribution in [2.45, 2.75) is 19.4 Å². The minimum atomic E-state index is -0.122. The Kier molecular flexibility index (Phi) is 4.69. The van der Waals surface area contributed by atoms with Gasteiger partial charge in [-0.25, -0.2) is 0 Å². The van der Waals surface area contributed by atoms with Crippen LogP contribution in [0.1, 0.15) is 18.4 Å². The monoisotopic (exact) mass is 287 g/mol. The molecule has 0 saturated heterocycles. The van der Waals surface area contributed by atoms with Gasteiger partial charge in [0.15, 0.2) is 0 Å². The Bertz CT molecular complexity index is 697. The van der Waals surface area contributed by atoms with Gasteiger partial charge in [-0.3, -0.25) is 9.59 Å². The summed E-state index contributed by atoms with van der Waals surface area (Å²) in [7, 11) is 0. The number of nitrogens with one attached hydrogen (secondary N) is 1. The number of nitrogens with zero attached hydrogens (tertiary/aromatic N) is 2. The van der Waals surface area contributed by atoms with Crippen LogP contribution in [-0.4, -0.2) is 10.5 Å². The SMILES string of the molecule is N#Cc1cccc(NC(=O)CCCn2ccsc2=O)c1. The highest BCUT2D eigenvalue weighted by molar-refractivity contribution is 7.07. The number of amides is 1. The van der Waals surface area contributed by atoms with Crippen LogP contribution < -0.4 is 10.2 Å². The summed E-state index contributed by atoms with van der Waals surface area (Å²) in [5, 5.41) is 13.2. The minimum Gasteiger partial charge on any atom is -0.326 e. The van der Waals surface area contributed by atoms with Gasteiger partial charge in [0.25, 0.3) is 0 Å². The number of thiazole rings is 1. The molecule has 1 heterocycles. The zero-order valence-corrected chi connectivity index (χ0v) is 11.5. The van der Waals surface area contributed by atoms with Gasteiger partial charge >= 0.3 is 4.87 Å². The molecule has 0 aliphatic rings. The highest BCUT2D eigenvalue weighted by Crippen LogP contribution is 2.10. The zero-order valence-electron chi connectivity index (χ0n) is 10.7. The standard InChI is InChI=1S/C14H13N3O2S/c15-10-11-3-1-4-12(9-11)16-13(18)5-2-6-17-7-8-20-14(17)19/h1,3-4,7-9H,2,5-6H2,(H,16,18). The summed E-state index contributed by atoms with van der Waals surface area (Å²) >= 11 is 1.15. The second-order valence-electron chi connectivity index (χ2n) is 4.21. The Morgan fingerprint density at radius 1 is 1.45 bits per heavy atom. The van der Waals surface area contributed by atoms with Crippen LogP contribution in [0.15, 0.2) is 40.6 Å². The molecule has 1 aromatic carbocycles. The third-order valence-electron chi connectivity index (χ3n) is 2.72. The van der Waals surface area contributed by atoms with Crippen LogP contribution in [-0.2, 0) is 11.3 Å². The summed E-state index contributed by atoms with van der Waals surface area (Å²) in [5.41, 5.74) is 1.12. The van der Waals surface area contributed by atoms with E-state index in [4.69, 9.17) is 5.26 Å². The van der Waals surface area contributed by atoms with E-state index >= 15 is 0 Å². The summed E-state index contributed by atoms with van der Waals surface area (Å²) in [4.78, 5) is 23.0. The van der Waals surface area contributed by atoms with Crippen molar-refractivity contribution in [2.75, 3.05) is 5.32 Å². The van der Waals surface area contributed by atoms with E-state index in [9.17, 15) is 9.59 Å². The number of anilines is 1. The molecular formula is C14H13N3O2S. The van der Waals surface area contributed by atoms with Crippen molar-refractivity contribution in [1.29, 1.82) is 5.26 Å². The molecule has 0 aliphatic heterocycles. The number of aromatic nitrogens is 1. The first-order valence-electron chi connectivity index (χ1n) is 6.13. The maximum atomic E-state index is 11.7. The van der Waals surface area contributed by atoms with E-state index in [0.717, 1.165) is 11.3 Å². The summed E-state index contributed by atoms with van der Waals surface area (Å²) in [6.07, 6.45) is 2.65. The first-order chi connectivity index (χ1) is 9.69. The third kappa shape index (κ3) is 3.80. The molecule has 0 spiro atoms. The minimum absolute atomic E-state index is 0.00729. The van der Waals surface area contributed by atoms with Gasteiger partial charge in [-0.05, 0) is 24.6 Å². The molecule has 0 bridgehead atoms. The van der Waals surface area contributed by atoms with Crippen molar-refractivity contribution in [3.63, 3.8) is 0 Å². The van der Waals surface area contributed by atoms with Crippen molar-refractivity contribution in [2.24, 2.45) is 0 Å². The van der Waals surface area contributed by atoms with Crippen LogP contribution in [0.5, 0.6) is 0 Å². The predicted octanol–water partition coefficient (Wildman–Crippen LogP) is 2.20. The average molecular weight is 287 g/mol. The molecule has 0 aliphatic carbocycles. The molecule has 0 radical (unpaired) electrons. The van der Waals surface area contributed by atoms with Gasteiger partial charge in [0.05, 0.1) is 11.6 Å². The average Bonchev–Trinajstić information content (AvgIpc) is 2.85. The molecule has 5 nitrogen and oxygen atoms in total. The molecule has 1 N–H and O–H groups in total. The Labute approximate surface area is 120 Å². The van der Waals surface area contributed by atoms with Crippen molar-refractivity contribution in [3.8, 4) is 6.07 Å². The van der Waals surface area contributed by atoms with Crippen molar-refractivity contribution in [3.05, 3.63) is 51.1 Å². The molecule has 20 heavy (non-hydrogen) atoms. The van der Waals surface area contributed by atoms with Crippen LogP contribution in [0.3, 0.4) is 0 Å². The number of hydrogen-bond acceptors (Lipinski definition) is 4. The summed E-state index contributed by atoms with van der Waals surface area (Å²) in [5.74, 6) is -0.122. The van der Waals surface area contributed by atoms with Crippen LogP contribution in [0.25, 0.3) is 0 Å². The molecule has 2 aromatic rings. The van der Waals surface area contributed by atoms with Crippen LogP contribution in [0.4, 0.5) is 5.69 Å². The van der Waals surface area contributed by atoms with Gasteiger partial charge in [0, 0.05) is 30.2 Å². The summed E-state index contributed by atoms with van der Waals surface area (Å²) in [6.45, 7) is 0.536. The second-order valence-corrected chi connectivity index (χ2v) is 5.06. The van der Waals surface area contributed by atoms with Crippen LogP contribution in [0, 0.1) is 11.3 Å². The van der Waals surface area contributed by atoms with Gasteiger partial charge in [0.2, 0.25) is 5.91 Å². The number of benzene rings is 1. The molecule has 1 aromatic heterocycles. The van der Waals surface area contributed by atoms with E-state index in [-0.39, 0.29) is 10.8 Å². The predicted molar refractivity (Wildman–Crippen MR) is 77.6 cm³/mol. The second kappa shape index (κ2) is 6.68. The number of carbonyl (C=O) groups is 1. The Hall–Kier alpha value is -2.39. The van der Waals surface area contributed by atoms with Gasteiger partial charge in [-0.15, -0.1) is 0 Å². The number of nitriles is 1. The molecule has 0 atom stereocenters. The van der Waals surface area contributed by atoms with E-state index in [1.807, 2.05) is 6.07 Å². The Morgan fingerprint density at radius 2 is 2.30 bits per heavy atom. The van der Waals surface area contributed by atoms with E-state index in [1.165, 1.54) is 0 Å². The summed E-state index contributed by atoms with van der Waals surface area (Å²) < 4.78 is 1.59. The van der Waals surface area contributed by atoms with Gasteiger partial charge in [-0.2, -0.15) is 5.26 Å². The first-order valence-corrected chi connectivity index (χ1v) is 7.01. The topological polar surface area (TPSA) is 74.9 Å². The number of hydrogen-bond donors (Lipinski definition) is 1. The van der Waals surface area contributed by atoms with Gasteiger partial charge in [-0.1, -0.05) is 17.4 Å². The maximum absolute atomic E-state index is 11.7. The molecule has 0 saturated carbocycles. The van der Waals surface area contributed by atoms with Crippen LogP contribution >= 0.6 is 11.3 Å². The highest BCUT2D eigenvalue weighted by Gasteiger charge is 2.04. The van der Waals surface area contributed by atoms with E-state index < -0.39 is 0 Å². The Morgan fingerprint density at radius 3 is 3.00 bits per heavy atom. The maximum Gasteiger partial charge on any atom is 0.307 e. The van der Waals surface area contributed by atoms with Crippen molar-refractivity contribution < 1.29 is 4.79 Å². The lowest BCUT2D eigenvalue weighted by molar-refractivity contribution is -0.116. The van der Waals surface area contributed by atoms with Crippen molar-refractivity contribution in [1.82, 2.24) is 4.57 Å². The summed E-state index contributed by atoms with van der Waals surface area (Å²) in [6, 6.07) is 8.79. The largest absolute Gasteiger partial charge is 0.326 e. The molecular weight excluding hydrogens is 274 g/mol. The van der Waals surface area contributed by atoms with Gasteiger partial charge in [0.1, 0.15) is 0 Å². The van der Waals surface area contributed by atoms with Crippen LogP contribution in [0.2, 0.25) is 0 Å². The third-order valence-corrected chi connectivity index (χ3v) is 3.42. The fourth-order valence-electron chi connectivity index (χ4n) is 1.76. The molecule has 6 heteroatoms. The molecule has 0 unspecified atom stereocenters. The highest BCUT2D eigenvalue weighted by atomic mass is 32.1. The fraction of sp³-hybridized carbons (Fsp3) is 0.214. The van der Waals surface area contributed by atoms with Crippen molar-refractivity contribution >= 4 is 22.9 Å². The molecule has 2 rings (SSSR count). The molecule has 102 valence electrons. The lowest BCUT2D eigenvalue weighted by atomic mass is 10.2.